The second kappa shape index (κ2) is 16.6. The number of nitrogens with one attached hydrogen (secondary N) is 3. The summed E-state index contributed by atoms with van der Waals surface area (Å²) in [4.78, 5) is 13.0. The van der Waals surface area contributed by atoms with Gasteiger partial charge >= 0.3 is 0 Å². The molecule has 44 heavy (non-hydrogen) atoms. The summed E-state index contributed by atoms with van der Waals surface area (Å²) in [6, 6.07) is -5.71. The van der Waals surface area contributed by atoms with Crippen LogP contribution < -0.4 is 38.9 Å². The van der Waals surface area contributed by atoms with E-state index < -0.39 is 97.5 Å². The topological polar surface area (TPSA) is 316 Å². The van der Waals surface area contributed by atoms with Crippen molar-refractivity contribution < 1.29 is 54.4 Å². The molecule has 17 N–H and O–H groups in total. The fourth-order valence-electron chi connectivity index (χ4n) is 5.91. The van der Waals surface area contributed by atoms with Crippen molar-refractivity contribution in [2.45, 2.75) is 117 Å². The van der Waals surface area contributed by atoms with Gasteiger partial charge in [-0.15, -0.1) is 0 Å². The summed E-state index contributed by atoms with van der Waals surface area (Å²) in [5, 5.41) is 70.5. The molecule has 0 aromatic heterocycles. The van der Waals surface area contributed by atoms with E-state index in [2.05, 4.69) is 16.0 Å². The Morgan fingerprint density at radius 1 is 1.07 bits per heavy atom. The van der Waals surface area contributed by atoms with Crippen molar-refractivity contribution >= 4 is 5.91 Å². The summed E-state index contributed by atoms with van der Waals surface area (Å²) < 4.78 is 23.9. The van der Waals surface area contributed by atoms with Crippen molar-refractivity contribution in [2.75, 3.05) is 40.0 Å². The zero-order valence-electron chi connectivity index (χ0n) is 25.3. The van der Waals surface area contributed by atoms with Crippen LogP contribution >= 0.6 is 0 Å². The van der Waals surface area contributed by atoms with E-state index in [1.54, 1.807) is 7.05 Å². The predicted octanol–water partition coefficient (Wildman–Crippen LogP) is -7.19. The standard InChI is InChI=1S/C26H53N7O11/c1-26(40)10-41-25(19(38)22(26)31-2)44-21-15(33-23(39)17(36)16(30)14(29)9-35)7-13(28)20(18(21)37)43-24-12(27)4-3-11(42-24)8-32-5-6-34/h11-22,24-25,31-32,34-38,40H,3-10,27-30H2,1-2H3,(H,33,39)/t11-,12+,13-,14-,15+,16-,17-,18-,19+,20+,21-,22+,24+,25+,26-/m0/s1. The zero-order chi connectivity index (χ0) is 32.8. The summed E-state index contributed by atoms with van der Waals surface area (Å²) in [5.41, 5.74) is 22.8. The number of aliphatic hydroxyl groups is 6. The zero-order valence-corrected chi connectivity index (χ0v) is 25.3. The molecule has 0 radical (unpaired) electrons. The first-order chi connectivity index (χ1) is 20.7. The third-order valence-electron chi connectivity index (χ3n) is 8.57. The Morgan fingerprint density at radius 3 is 2.39 bits per heavy atom. The first kappa shape index (κ1) is 37.3. The van der Waals surface area contributed by atoms with Crippen LogP contribution in [0.25, 0.3) is 0 Å². The summed E-state index contributed by atoms with van der Waals surface area (Å²) in [6.07, 6.45) is -8.52. The lowest BCUT2D eigenvalue weighted by atomic mass is 9.83. The van der Waals surface area contributed by atoms with Crippen LogP contribution in [0.1, 0.15) is 26.2 Å². The van der Waals surface area contributed by atoms with Crippen LogP contribution in [-0.4, -0.2) is 168 Å². The Balaban J connectivity index is 1.81. The van der Waals surface area contributed by atoms with Crippen LogP contribution in [0, 0.1) is 0 Å². The van der Waals surface area contributed by atoms with Gasteiger partial charge in [0.05, 0.1) is 50.1 Å². The first-order valence-corrected chi connectivity index (χ1v) is 15.0. The van der Waals surface area contributed by atoms with E-state index in [1.165, 1.54) is 6.92 Å². The lowest BCUT2D eigenvalue weighted by Gasteiger charge is -2.49. The Kier molecular flexibility index (Phi) is 14.1. The van der Waals surface area contributed by atoms with Crippen LogP contribution in [0.3, 0.4) is 0 Å². The van der Waals surface area contributed by atoms with Crippen LogP contribution in [0.2, 0.25) is 0 Å². The molecule has 1 saturated carbocycles. The summed E-state index contributed by atoms with van der Waals surface area (Å²) in [7, 11) is 1.55. The van der Waals surface area contributed by atoms with Crippen LogP contribution in [0.5, 0.6) is 0 Å². The number of carbonyl (C=O) groups excluding carboxylic acids is 1. The van der Waals surface area contributed by atoms with Gasteiger partial charge in [0.15, 0.2) is 12.6 Å². The quantitative estimate of drug-likeness (QED) is 0.0785. The Hall–Kier alpha value is -1.17. The molecule has 2 saturated heterocycles. The molecule has 0 spiro atoms. The highest BCUT2D eigenvalue weighted by Gasteiger charge is 2.52. The minimum Gasteiger partial charge on any atom is -0.395 e. The summed E-state index contributed by atoms with van der Waals surface area (Å²) >= 11 is 0. The predicted molar refractivity (Wildman–Crippen MR) is 154 cm³/mol. The number of likely N-dealkylation sites (N-methyl/N-ethyl adjacent to an activating group) is 1. The molecule has 0 aromatic carbocycles. The van der Waals surface area contributed by atoms with Gasteiger partial charge in [-0.3, -0.25) is 4.79 Å². The van der Waals surface area contributed by atoms with Gasteiger partial charge in [-0.05, 0) is 33.2 Å². The number of ether oxygens (including phenoxy) is 4. The minimum absolute atomic E-state index is 0.0222. The molecule has 2 aliphatic heterocycles. The van der Waals surface area contributed by atoms with Gasteiger partial charge in [-0.25, -0.2) is 0 Å². The Labute approximate surface area is 256 Å². The molecule has 18 heteroatoms. The molecule has 3 aliphatic rings. The van der Waals surface area contributed by atoms with E-state index in [9.17, 15) is 30.3 Å². The van der Waals surface area contributed by atoms with Crippen LogP contribution in [0.15, 0.2) is 0 Å². The largest absolute Gasteiger partial charge is 0.395 e. The molecule has 18 nitrogen and oxygen atoms in total. The third-order valence-corrected chi connectivity index (χ3v) is 8.57. The molecule has 1 aliphatic carbocycles. The molecule has 1 amide bonds. The maximum atomic E-state index is 13.0. The average molecular weight is 640 g/mol. The number of hydrogen-bond acceptors (Lipinski definition) is 17. The highest BCUT2D eigenvalue weighted by molar-refractivity contribution is 5.81. The fraction of sp³-hybridized carbons (Fsp3) is 0.962. The van der Waals surface area contributed by atoms with Gasteiger partial charge in [-0.1, -0.05) is 0 Å². The molecule has 3 fully saturated rings. The smallest absolute Gasteiger partial charge is 0.250 e. The van der Waals surface area contributed by atoms with E-state index in [-0.39, 0.29) is 25.7 Å². The number of aliphatic hydroxyl groups excluding tert-OH is 5. The van der Waals surface area contributed by atoms with Crippen molar-refractivity contribution in [3.63, 3.8) is 0 Å². The number of hydrogen-bond donors (Lipinski definition) is 13. The second-order valence-electron chi connectivity index (χ2n) is 12.2. The molecule has 15 atom stereocenters. The number of amides is 1. The molecule has 2 heterocycles. The van der Waals surface area contributed by atoms with Crippen LogP contribution in [-0.2, 0) is 23.7 Å². The molecular weight excluding hydrogens is 586 g/mol. The van der Waals surface area contributed by atoms with Crippen molar-refractivity contribution in [2.24, 2.45) is 22.9 Å². The van der Waals surface area contributed by atoms with Crippen LogP contribution in [0.4, 0.5) is 0 Å². The fourth-order valence-corrected chi connectivity index (χ4v) is 5.91. The molecular formula is C26H53N7O11. The molecule has 258 valence electrons. The first-order valence-electron chi connectivity index (χ1n) is 15.0. The van der Waals surface area contributed by atoms with Gasteiger partial charge < -0.3 is 88.5 Å². The monoisotopic (exact) mass is 639 g/mol. The molecule has 0 unspecified atom stereocenters. The van der Waals surface area contributed by atoms with E-state index >= 15 is 0 Å². The highest BCUT2D eigenvalue weighted by atomic mass is 16.7. The van der Waals surface area contributed by atoms with E-state index in [1.807, 2.05) is 0 Å². The number of carbonyl (C=O) groups is 1. The average Bonchev–Trinajstić information content (AvgIpc) is 2.98. The summed E-state index contributed by atoms with van der Waals surface area (Å²) in [5.74, 6) is -0.948. The highest BCUT2D eigenvalue weighted by Crippen LogP contribution is 2.32. The Bertz CT molecular complexity index is 895. The molecule has 0 bridgehead atoms. The maximum Gasteiger partial charge on any atom is 0.250 e. The lowest BCUT2D eigenvalue weighted by molar-refractivity contribution is -0.307. The van der Waals surface area contributed by atoms with Crippen molar-refractivity contribution in [3.05, 3.63) is 0 Å². The van der Waals surface area contributed by atoms with Gasteiger partial charge in [-0.2, -0.15) is 0 Å². The van der Waals surface area contributed by atoms with Gasteiger partial charge in [0, 0.05) is 25.2 Å². The number of rotatable bonds is 14. The minimum atomic E-state index is -1.81. The third kappa shape index (κ3) is 9.00. The van der Waals surface area contributed by atoms with Crippen molar-refractivity contribution in [1.29, 1.82) is 0 Å². The molecule has 3 rings (SSSR count). The van der Waals surface area contributed by atoms with Gasteiger partial charge in [0.1, 0.15) is 36.1 Å². The maximum absolute atomic E-state index is 13.0. The van der Waals surface area contributed by atoms with Crippen molar-refractivity contribution in [1.82, 2.24) is 16.0 Å². The van der Waals surface area contributed by atoms with Gasteiger partial charge in [0.25, 0.3) is 5.91 Å². The second-order valence-corrected chi connectivity index (χ2v) is 12.2. The SMILES string of the molecule is CN[C@@H]1[C@@H](O)[C@@H](O[C@@H]2[C@@H](O)[C@H](O[C@H]3O[C@H](CNCCO)CC[C@H]3N)[C@@H](N)C[C@H]2NC(=O)[C@@H](O)[C@@H](N)[C@@H](N)CO)OC[C@]1(C)O. The Morgan fingerprint density at radius 2 is 1.75 bits per heavy atom. The van der Waals surface area contributed by atoms with E-state index in [4.69, 9.17) is 47.0 Å². The normalized spacial score (nSPS) is 42.0. The van der Waals surface area contributed by atoms with E-state index in [0.717, 1.165) is 0 Å². The lowest BCUT2D eigenvalue weighted by Crippen LogP contribution is -2.70. The van der Waals surface area contributed by atoms with E-state index in [0.29, 0.717) is 25.9 Å². The summed E-state index contributed by atoms with van der Waals surface area (Å²) in [6.45, 7) is 1.50. The number of nitrogens with two attached hydrogens (primary N) is 4. The van der Waals surface area contributed by atoms with Crippen molar-refractivity contribution in [3.8, 4) is 0 Å². The molecule has 0 aromatic rings. The van der Waals surface area contributed by atoms with Gasteiger partial charge in [0.2, 0.25) is 0 Å².